The molecule has 32 heavy (non-hydrogen) atoms. The van der Waals surface area contributed by atoms with Crippen LogP contribution in [0.25, 0.3) is 10.8 Å². The largest absolute Gasteiger partial charge is 0.462 e. The van der Waals surface area contributed by atoms with Crippen molar-refractivity contribution < 1.29 is 19.1 Å². The first-order valence-corrected chi connectivity index (χ1v) is 10.8. The third-order valence-corrected chi connectivity index (χ3v) is 5.49. The van der Waals surface area contributed by atoms with Crippen LogP contribution in [0.3, 0.4) is 0 Å². The molecule has 0 aliphatic carbocycles. The van der Waals surface area contributed by atoms with Crippen LogP contribution in [0.2, 0.25) is 0 Å². The molecule has 3 aromatic rings. The number of nitrogens with zero attached hydrogens (tertiary/aromatic N) is 1. The summed E-state index contributed by atoms with van der Waals surface area (Å²) < 4.78 is 5.22. The molecule has 0 unspecified atom stereocenters. The fourth-order valence-electron chi connectivity index (χ4n) is 3.82. The van der Waals surface area contributed by atoms with Crippen LogP contribution in [-0.2, 0) is 14.3 Å². The predicted molar refractivity (Wildman–Crippen MR) is 125 cm³/mol. The van der Waals surface area contributed by atoms with Crippen LogP contribution < -0.4 is 10.2 Å². The third kappa shape index (κ3) is 4.64. The van der Waals surface area contributed by atoms with E-state index in [1.54, 1.807) is 29.2 Å². The van der Waals surface area contributed by atoms with Gasteiger partial charge in [0.2, 0.25) is 11.8 Å². The third-order valence-electron chi connectivity index (χ3n) is 5.49. The van der Waals surface area contributed by atoms with Crippen molar-refractivity contribution in [2.75, 3.05) is 23.4 Å². The molecule has 1 atom stereocenters. The zero-order valence-corrected chi connectivity index (χ0v) is 18.2. The standard InChI is InChI=1S/C26H26N2O4/c1-17(2)16-32-26(31)19-10-12-21(13-11-19)27-25(30)20-14-24(29)28(15-20)23-9-5-7-18-6-3-4-8-22(18)23/h3-13,17,20H,14-16H2,1-2H3,(H,27,30)/t20-/m1/s1. The maximum Gasteiger partial charge on any atom is 0.338 e. The van der Waals surface area contributed by atoms with Gasteiger partial charge < -0.3 is 15.0 Å². The predicted octanol–water partition coefficient (Wildman–Crippen LogP) is 4.64. The lowest BCUT2D eigenvalue weighted by atomic mass is 10.1. The molecule has 6 nitrogen and oxygen atoms in total. The number of esters is 1. The highest BCUT2D eigenvalue weighted by Crippen LogP contribution is 2.32. The molecule has 0 bridgehead atoms. The fraction of sp³-hybridized carbons (Fsp3) is 0.269. The molecule has 4 rings (SSSR count). The Kier molecular flexibility index (Phi) is 6.21. The molecule has 0 aromatic heterocycles. The minimum absolute atomic E-state index is 0.0650. The summed E-state index contributed by atoms with van der Waals surface area (Å²) >= 11 is 0. The summed E-state index contributed by atoms with van der Waals surface area (Å²) in [7, 11) is 0. The van der Waals surface area contributed by atoms with Gasteiger partial charge in [-0.1, -0.05) is 50.2 Å². The van der Waals surface area contributed by atoms with Crippen LogP contribution in [0.15, 0.2) is 66.7 Å². The lowest BCUT2D eigenvalue weighted by Gasteiger charge is -2.19. The highest BCUT2D eigenvalue weighted by atomic mass is 16.5. The van der Waals surface area contributed by atoms with Gasteiger partial charge in [0, 0.05) is 24.0 Å². The molecule has 164 valence electrons. The maximum absolute atomic E-state index is 12.8. The molecule has 1 heterocycles. The summed E-state index contributed by atoms with van der Waals surface area (Å²) in [5, 5.41) is 4.90. The number of carbonyl (C=O) groups is 3. The van der Waals surface area contributed by atoms with Crippen LogP contribution in [0.1, 0.15) is 30.6 Å². The zero-order valence-electron chi connectivity index (χ0n) is 18.2. The second-order valence-corrected chi connectivity index (χ2v) is 8.46. The minimum atomic E-state index is -0.447. The van der Waals surface area contributed by atoms with Gasteiger partial charge in [0.15, 0.2) is 0 Å². The molecular formula is C26H26N2O4. The summed E-state index contributed by atoms with van der Waals surface area (Å²) in [5.41, 5.74) is 1.83. The monoisotopic (exact) mass is 430 g/mol. The molecule has 1 fully saturated rings. The number of hydrogen-bond acceptors (Lipinski definition) is 4. The summed E-state index contributed by atoms with van der Waals surface area (Å²) in [4.78, 5) is 39.3. The van der Waals surface area contributed by atoms with Gasteiger partial charge in [0.05, 0.1) is 23.8 Å². The Hall–Kier alpha value is -3.67. The van der Waals surface area contributed by atoms with Crippen molar-refractivity contribution in [1.82, 2.24) is 0 Å². The lowest BCUT2D eigenvalue weighted by Crippen LogP contribution is -2.28. The number of benzene rings is 3. The van der Waals surface area contributed by atoms with Gasteiger partial charge in [-0.25, -0.2) is 4.79 Å². The Labute approximate surface area is 187 Å². The number of nitrogens with one attached hydrogen (secondary N) is 1. The normalized spacial score (nSPS) is 15.9. The van der Waals surface area contributed by atoms with Gasteiger partial charge >= 0.3 is 5.97 Å². The van der Waals surface area contributed by atoms with E-state index in [-0.39, 0.29) is 30.1 Å². The summed E-state index contributed by atoms with van der Waals surface area (Å²) in [6.07, 6.45) is 0.161. The van der Waals surface area contributed by atoms with E-state index in [0.717, 1.165) is 16.5 Å². The van der Waals surface area contributed by atoms with Crippen LogP contribution in [0.5, 0.6) is 0 Å². The fourth-order valence-corrected chi connectivity index (χ4v) is 3.82. The van der Waals surface area contributed by atoms with Crippen molar-refractivity contribution in [2.24, 2.45) is 11.8 Å². The maximum atomic E-state index is 12.8. The first-order valence-electron chi connectivity index (χ1n) is 10.8. The van der Waals surface area contributed by atoms with Gasteiger partial charge in [-0.2, -0.15) is 0 Å². The van der Waals surface area contributed by atoms with Crippen LogP contribution in [0, 0.1) is 11.8 Å². The molecule has 1 aliphatic rings. The average Bonchev–Trinajstić information content (AvgIpc) is 3.19. The van der Waals surface area contributed by atoms with Crippen molar-refractivity contribution in [3.63, 3.8) is 0 Å². The number of anilines is 2. The van der Waals surface area contributed by atoms with E-state index >= 15 is 0 Å². The smallest absolute Gasteiger partial charge is 0.338 e. The second-order valence-electron chi connectivity index (χ2n) is 8.46. The van der Waals surface area contributed by atoms with E-state index < -0.39 is 5.92 Å². The molecule has 3 aromatic carbocycles. The number of amides is 2. The molecule has 6 heteroatoms. The second kappa shape index (κ2) is 9.22. The van der Waals surface area contributed by atoms with Gasteiger partial charge in [0.25, 0.3) is 0 Å². The molecule has 0 spiro atoms. The van der Waals surface area contributed by atoms with Gasteiger partial charge in [-0.15, -0.1) is 0 Å². The van der Waals surface area contributed by atoms with Gasteiger partial charge in [-0.05, 0) is 41.6 Å². The topological polar surface area (TPSA) is 75.7 Å². The average molecular weight is 431 g/mol. The van der Waals surface area contributed by atoms with Crippen LogP contribution >= 0.6 is 0 Å². The quantitative estimate of drug-likeness (QED) is 0.578. The van der Waals surface area contributed by atoms with Crippen molar-refractivity contribution in [3.8, 4) is 0 Å². The van der Waals surface area contributed by atoms with E-state index in [9.17, 15) is 14.4 Å². The Morgan fingerprint density at radius 1 is 1.03 bits per heavy atom. The summed E-state index contributed by atoms with van der Waals surface area (Å²) in [6, 6.07) is 20.3. The number of rotatable bonds is 6. The van der Waals surface area contributed by atoms with Crippen molar-refractivity contribution in [2.45, 2.75) is 20.3 Å². The molecule has 1 saturated heterocycles. The molecular weight excluding hydrogens is 404 g/mol. The molecule has 2 amide bonds. The SMILES string of the molecule is CC(C)COC(=O)c1ccc(NC(=O)[C@@H]2CC(=O)N(c3cccc4ccccc34)C2)cc1. The van der Waals surface area contributed by atoms with Crippen LogP contribution in [-0.4, -0.2) is 30.9 Å². The first-order chi connectivity index (χ1) is 15.4. The van der Waals surface area contributed by atoms with Gasteiger partial charge in [-0.3, -0.25) is 9.59 Å². The van der Waals surface area contributed by atoms with Crippen molar-refractivity contribution in [1.29, 1.82) is 0 Å². The summed E-state index contributed by atoms with van der Waals surface area (Å²) in [5.74, 6) is -0.845. The van der Waals surface area contributed by atoms with Crippen molar-refractivity contribution >= 4 is 39.9 Å². The Morgan fingerprint density at radius 2 is 1.75 bits per heavy atom. The lowest BCUT2D eigenvalue weighted by molar-refractivity contribution is -0.122. The molecule has 0 radical (unpaired) electrons. The number of carbonyl (C=O) groups excluding carboxylic acids is 3. The molecule has 1 aliphatic heterocycles. The van der Waals surface area contributed by atoms with Crippen LogP contribution in [0.4, 0.5) is 11.4 Å². The minimum Gasteiger partial charge on any atom is -0.462 e. The van der Waals surface area contributed by atoms with E-state index in [0.29, 0.717) is 24.4 Å². The zero-order chi connectivity index (χ0) is 22.7. The van der Waals surface area contributed by atoms with E-state index in [1.165, 1.54) is 0 Å². The number of ether oxygens (including phenoxy) is 1. The first kappa shape index (κ1) is 21.6. The molecule has 1 N–H and O–H groups in total. The molecule has 0 saturated carbocycles. The highest BCUT2D eigenvalue weighted by molar-refractivity contribution is 6.08. The Bertz CT molecular complexity index is 1150. The highest BCUT2D eigenvalue weighted by Gasteiger charge is 2.35. The van der Waals surface area contributed by atoms with E-state index in [1.807, 2.05) is 56.3 Å². The number of fused-ring (bicyclic) bond motifs is 1. The summed E-state index contributed by atoms with van der Waals surface area (Å²) in [6.45, 7) is 4.64. The van der Waals surface area contributed by atoms with Gasteiger partial charge in [0.1, 0.15) is 0 Å². The Morgan fingerprint density at radius 3 is 2.50 bits per heavy atom. The Balaban J connectivity index is 1.41. The van der Waals surface area contributed by atoms with E-state index in [4.69, 9.17) is 4.74 Å². The number of hydrogen-bond donors (Lipinski definition) is 1. The van der Waals surface area contributed by atoms with Crippen molar-refractivity contribution in [3.05, 3.63) is 72.3 Å². The van der Waals surface area contributed by atoms with E-state index in [2.05, 4.69) is 5.32 Å².